The van der Waals surface area contributed by atoms with Gasteiger partial charge in [0.25, 0.3) is 0 Å². The molecule has 174 valence electrons. The molecule has 2 N–H and O–H groups in total. The van der Waals surface area contributed by atoms with Crippen LogP contribution >= 0.6 is 0 Å². The highest BCUT2D eigenvalue weighted by molar-refractivity contribution is 6.12. The zero-order valence-electron chi connectivity index (χ0n) is 19.3. The van der Waals surface area contributed by atoms with Gasteiger partial charge in [-0.15, -0.1) is 0 Å². The molecule has 0 unspecified atom stereocenters. The highest BCUT2D eigenvalue weighted by atomic mass is 16.6. The maximum Gasteiger partial charge on any atom is 0.336 e. The number of carbonyl (C=O) groups excluding carboxylic acids is 4. The van der Waals surface area contributed by atoms with Gasteiger partial charge in [0.15, 0.2) is 6.10 Å². The third-order valence-electron chi connectivity index (χ3n) is 5.61. The summed E-state index contributed by atoms with van der Waals surface area (Å²) in [6.07, 6.45) is -1.18. The van der Waals surface area contributed by atoms with Crippen LogP contribution < -0.4 is 5.32 Å². The second-order valence-electron chi connectivity index (χ2n) is 7.73. The minimum atomic E-state index is -1.41. The van der Waals surface area contributed by atoms with E-state index in [1.54, 1.807) is 26.8 Å². The lowest BCUT2D eigenvalue weighted by molar-refractivity contribution is -0.153. The number of dihydropyridines is 1. The minimum Gasteiger partial charge on any atom is -0.466 e. The minimum absolute atomic E-state index is 0.0866. The van der Waals surface area contributed by atoms with E-state index in [0.29, 0.717) is 28.0 Å². The molecule has 0 radical (unpaired) electrons. The number of rotatable bonds is 6. The zero-order chi connectivity index (χ0) is 24.4. The van der Waals surface area contributed by atoms with Crippen molar-refractivity contribution in [3.8, 4) is 0 Å². The number of aromatic amines is 1. The highest BCUT2D eigenvalue weighted by Crippen LogP contribution is 2.33. The summed E-state index contributed by atoms with van der Waals surface area (Å²) in [6, 6.07) is 7.30. The molecule has 2 heterocycles. The van der Waals surface area contributed by atoms with Gasteiger partial charge in [0.05, 0.1) is 25.4 Å². The SMILES string of the molecule is COC(=O)C1=C(C)NC(C)=C(C(=O)OC)C1C(=O)O[C@H](C)C(=O)c1c(C)[nH]c2ccccc12. The van der Waals surface area contributed by atoms with E-state index in [1.165, 1.54) is 21.1 Å². The highest BCUT2D eigenvalue weighted by Gasteiger charge is 2.43. The molecule has 9 nitrogen and oxygen atoms in total. The Hall–Kier alpha value is -3.88. The molecular weight excluding hydrogens is 428 g/mol. The molecular formula is C24H26N2O7. The number of ether oxygens (including phenoxy) is 3. The second-order valence-corrected chi connectivity index (χ2v) is 7.73. The number of carbonyl (C=O) groups is 4. The van der Waals surface area contributed by atoms with Crippen molar-refractivity contribution in [2.24, 2.45) is 5.92 Å². The maximum atomic E-state index is 13.3. The number of benzene rings is 1. The molecule has 2 aromatic rings. The monoisotopic (exact) mass is 454 g/mol. The summed E-state index contributed by atoms with van der Waals surface area (Å²) in [7, 11) is 2.33. The van der Waals surface area contributed by atoms with Crippen LogP contribution in [0.4, 0.5) is 0 Å². The van der Waals surface area contributed by atoms with Gasteiger partial charge in [0.1, 0.15) is 5.92 Å². The van der Waals surface area contributed by atoms with Crippen LogP contribution in [0.3, 0.4) is 0 Å². The molecule has 0 bridgehead atoms. The summed E-state index contributed by atoms with van der Waals surface area (Å²) in [6.45, 7) is 6.37. The van der Waals surface area contributed by atoms with E-state index < -0.39 is 35.7 Å². The van der Waals surface area contributed by atoms with E-state index in [4.69, 9.17) is 14.2 Å². The number of fused-ring (bicyclic) bond motifs is 1. The zero-order valence-corrected chi connectivity index (χ0v) is 19.3. The number of hydrogen-bond donors (Lipinski definition) is 2. The number of allylic oxidation sites excluding steroid dienone is 2. The van der Waals surface area contributed by atoms with Crippen LogP contribution in [0, 0.1) is 12.8 Å². The molecule has 1 aliphatic heterocycles. The van der Waals surface area contributed by atoms with Gasteiger partial charge < -0.3 is 24.5 Å². The van der Waals surface area contributed by atoms with Crippen molar-refractivity contribution < 1.29 is 33.4 Å². The molecule has 3 rings (SSSR count). The fourth-order valence-electron chi connectivity index (χ4n) is 4.08. The fourth-order valence-corrected chi connectivity index (χ4v) is 4.08. The Bertz CT molecular complexity index is 1180. The van der Waals surface area contributed by atoms with Gasteiger partial charge in [0.2, 0.25) is 5.78 Å². The van der Waals surface area contributed by atoms with Gasteiger partial charge in [-0.05, 0) is 33.8 Å². The van der Waals surface area contributed by atoms with Crippen LogP contribution in [0.2, 0.25) is 0 Å². The summed E-state index contributed by atoms with van der Waals surface area (Å²) in [4.78, 5) is 54.6. The Morgan fingerprint density at radius 3 is 2.00 bits per heavy atom. The summed E-state index contributed by atoms with van der Waals surface area (Å²) >= 11 is 0. The van der Waals surface area contributed by atoms with E-state index >= 15 is 0 Å². The van der Waals surface area contributed by atoms with E-state index in [0.717, 1.165) is 5.52 Å². The van der Waals surface area contributed by atoms with Crippen molar-refractivity contribution in [3.63, 3.8) is 0 Å². The lowest BCUT2D eigenvalue weighted by Crippen LogP contribution is -2.39. The van der Waals surface area contributed by atoms with Gasteiger partial charge in [-0.3, -0.25) is 9.59 Å². The number of methoxy groups -OCH3 is 2. The maximum absolute atomic E-state index is 13.3. The molecule has 0 spiro atoms. The van der Waals surface area contributed by atoms with Gasteiger partial charge in [-0.25, -0.2) is 9.59 Å². The van der Waals surface area contributed by atoms with Gasteiger partial charge >= 0.3 is 17.9 Å². The number of aryl methyl sites for hydroxylation is 1. The molecule has 0 aliphatic carbocycles. The van der Waals surface area contributed by atoms with Crippen LogP contribution in [-0.2, 0) is 28.6 Å². The smallest absolute Gasteiger partial charge is 0.336 e. The number of para-hydroxylation sites is 1. The summed E-state index contributed by atoms with van der Waals surface area (Å²) in [5.41, 5.74) is 2.33. The first-order valence-electron chi connectivity index (χ1n) is 10.3. The standard InChI is InChI=1S/C24H26N2O7/c1-11-17(15-9-7-8-10-16(15)26-11)21(27)14(4)33-24(30)20-18(22(28)31-5)12(2)25-13(3)19(20)23(29)32-6/h7-10,14,20,25-26H,1-6H3/t14-/m1/s1. The van der Waals surface area contributed by atoms with Crippen molar-refractivity contribution in [1.29, 1.82) is 0 Å². The molecule has 0 fully saturated rings. The lowest BCUT2D eigenvalue weighted by atomic mass is 9.85. The van der Waals surface area contributed by atoms with Crippen molar-refractivity contribution in [2.75, 3.05) is 14.2 Å². The number of H-pyrrole nitrogens is 1. The summed E-state index contributed by atoms with van der Waals surface area (Å²) < 4.78 is 15.2. The van der Waals surface area contributed by atoms with Crippen LogP contribution in [0.1, 0.15) is 36.8 Å². The second kappa shape index (κ2) is 9.32. The van der Waals surface area contributed by atoms with Crippen LogP contribution in [0.5, 0.6) is 0 Å². The van der Waals surface area contributed by atoms with Crippen molar-refractivity contribution in [1.82, 2.24) is 10.3 Å². The fraction of sp³-hybridized carbons (Fsp3) is 0.333. The number of hydrogen-bond acceptors (Lipinski definition) is 8. The lowest BCUT2D eigenvalue weighted by Gasteiger charge is -2.29. The van der Waals surface area contributed by atoms with E-state index in [1.807, 2.05) is 18.2 Å². The largest absolute Gasteiger partial charge is 0.466 e. The quantitative estimate of drug-likeness (QED) is 0.388. The first-order chi connectivity index (χ1) is 15.6. The first kappa shape index (κ1) is 23.8. The molecule has 0 saturated carbocycles. The Morgan fingerprint density at radius 2 is 1.45 bits per heavy atom. The topological polar surface area (TPSA) is 124 Å². The molecule has 1 aliphatic rings. The normalized spacial score (nSPS) is 15.2. The Kier molecular flexibility index (Phi) is 6.71. The van der Waals surface area contributed by atoms with Crippen LogP contribution in [0.25, 0.3) is 10.9 Å². The Morgan fingerprint density at radius 1 is 0.909 bits per heavy atom. The van der Waals surface area contributed by atoms with E-state index in [2.05, 4.69) is 10.3 Å². The van der Waals surface area contributed by atoms with E-state index in [-0.39, 0.29) is 11.1 Å². The number of ketones is 1. The summed E-state index contributed by atoms with van der Waals surface area (Å²) in [5.74, 6) is -4.36. The molecule has 9 heteroatoms. The Balaban J connectivity index is 1.97. The van der Waals surface area contributed by atoms with Crippen molar-refractivity contribution in [3.05, 3.63) is 58.1 Å². The van der Waals surface area contributed by atoms with E-state index in [9.17, 15) is 19.2 Å². The number of Topliss-reactive ketones (excluding diaryl/α,β-unsaturated/α-hetero) is 1. The van der Waals surface area contributed by atoms with Crippen LogP contribution in [0.15, 0.2) is 46.8 Å². The van der Waals surface area contributed by atoms with Crippen molar-refractivity contribution in [2.45, 2.75) is 33.8 Å². The Labute approximate surface area is 190 Å². The average Bonchev–Trinajstić information content (AvgIpc) is 3.12. The van der Waals surface area contributed by atoms with Gasteiger partial charge in [-0.1, -0.05) is 18.2 Å². The number of nitrogens with one attached hydrogen (secondary N) is 2. The number of aromatic nitrogens is 1. The third-order valence-corrected chi connectivity index (χ3v) is 5.61. The van der Waals surface area contributed by atoms with Crippen LogP contribution in [-0.4, -0.2) is 49.0 Å². The van der Waals surface area contributed by atoms with Crippen molar-refractivity contribution >= 4 is 34.6 Å². The summed E-state index contributed by atoms with van der Waals surface area (Å²) in [5, 5.41) is 3.61. The van der Waals surface area contributed by atoms with Gasteiger partial charge in [0, 0.05) is 33.6 Å². The third kappa shape index (κ3) is 4.26. The molecule has 33 heavy (non-hydrogen) atoms. The predicted octanol–water partition coefficient (Wildman–Crippen LogP) is 2.70. The predicted molar refractivity (Wildman–Crippen MR) is 119 cm³/mol. The molecule has 0 saturated heterocycles. The molecule has 0 amide bonds. The molecule has 1 atom stereocenters. The molecule has 1 aromatic carbocycles. The number of esters is 3. The average molecular weight is 454 g/mol. The molecule has 1 aromatic heterocycles. The first-order valence-corrected chi connectivity index (χ1v) is 10.3. The van der Waals surface area contributed by atoms with Gasteiger partial charge in [-0.2, -0.15) is 0 Å².